The molecule has 0 amide bonds. The van der Waals surface area contributed by atoms with Crippen molar-refractivity contribution in [2.45, 2.75) is 215 Å². The molecule has 0 radical (unpaired) electrons. The fraction of sp³-hybridized carbons (Fsp3) is 1.00. The summed E-state index contributed by atoms with van der Waals surface area (Å²) in [5.74, 6) is 0. The second-order valence-electron chi connectivity index (χ2n) is 24.1. The molecule has 0 aromatic carbocycles. The summed E-state index contributed by atoms with van der Waals surface area (Å²) in [5.41, 5.74) is 0. The highest BCUT2D eigenvalue weighted by Gasteiger charge is 2.55. The van der Waals surface area contributed by atoms with Crippen molar-refractivity contribution < 1.29 is 45.6 Å². The van der Waals surface area contributed by atoms with E-state index in [1.807, 2.05) is 32.7 Å². The molecule has 24 heteroatoms. The third kappa shape index (κ3) is 36.7. The van der Waals surface area contributed by atoms with Gasteiger partial charge in [-0.2, -0.15) is 0 Å². The Morgan fingerprint density at radius 2 is 0.655 bits per heavy atom. The Hall–Kier alpha value is 2.38. The van der Waals surface area contributed by atoms with Crippen LogP contribution in [0.4, 0.5) is 0 Å². The van der Waals surface area contributed by atoms with Crippen LogP contribution in [0.25, 0.3) is 0 Å². The maximum Gasteiger partial charge on any atom is 0.469 e. The van der Waals surface area contributed by atoms with Gasteiger partial charge in [-0.3, -0.25) is 0 Å². The second kappa shape index (κ2) is 22.2. The summed E-state index contributed by atoms with van der Waals surface area (Å²) in [6.45, 7) is 65.8. The lowest BCUT2D eigenvalue weighted by Crippen LogP contribution is -2.67. The molecule has 0 aromatic heterocycles. The molecule has 0 saturated carbocycles. The van der Waals surface area contributed by atoms with E-state index in [1.54, 1.807) is 0 Å². The predicted octanol–water partition coefficient (Wildman–Crippen LogP) is 13.1. The van der Waals surface area contributed by atoms with Crippen molar-refractivity contribution in [2.24, 2.45) is 0 Å². The Balaban J connectivity index is 0. The SMILES string of the molecule is C[Si](C)(C)O[Si](C)(C)O[Si](C)(C)C.C[Si](C)(C)O[Si](C)(O[Si](C)(C)C)O[Si](C)(C)C.C[Si](C)(C)O[Si]1(C)O[Si](C)(C)O[Si](C)(C)O[Si](C)(C)O1.C[Si]1(C)CCCCO1. The van der Waals surface area contributed by atoms with Gasteiger partial charge in [0.25, 0.3) is 0 Å². The van der Waals surface area contributed by atoms with Crippen LogP contribution in [0, 0.1) is 0 Å². The molecular weight excluding hydrogens is 949 g/mol. The Labute approximate surface area is 375 Å². The number of hydrogen-bond donors (Lipinski definition) is 0. The van der Waals surface area contributed by atoms with Gasteiger partial charge in [0.2, 0.25) is 0 Å². The summed E-state index contributed by atoms with van der Waals surface area (Å²) >= 11 is 0. The van der Waals surface area contributed by atoms with E-state index >= 15 is 0 Å². The topological polar surface area (TPSA) is 102 Å². The standard InChI is InChI=1S/C10H30O5Si5.C10H30O3Si4.C8H24O2Si3.C6H14OSi/c1-16(2,3)11-20(10)14-18(6,7)12-17(4,5)13-19(8,9)15-20;1-14(2,3)11-17(10,12-15(4,5)6)13-16(7,8)9;1-11(2,3)9-13(7,8)10-12(4,5)6;1-8(2)6-4-3-5-7-8/h1-10H3;1-10H3;1-8H3;3-6H2,1-2H3. The van der Waals surface area contributed by atoms with Gasteiger partial charge in [-0.1, -0.05) is 6.42 Å². The van der Waals surface area contributed by atoms with Crippen LogP contribution in [-0.4, -0.2) is 117 Å². The number of hydrogen-bond acceptors (Lipinski definition) is 11. The van der Waals surface area contributed by atoms with Crippen LogP contribution in [0.2, 0.25) is 202 Å². The second-order valence-corrected chi connectivity index (χ2v) is 76.6. The lowest BCUT2D eigenvalue weighted by atomic mass is 10.4. The van der Waals surface area contributed by atoms with Gasteiger partial charge in [-0.05, 0) is 196 Å². The van der Waals surface area contributed by atoms with Gasteiger partial charge in [-0.25, -0.2) is 0 Å². The molecule has 2 saturated heterocycles. The van der Waals surface area contributed by atoms with Crippen LogP contribution in [0.3, 0.4) is 0 Å². The molecule has 0 N–H and O–H groups in total. The van der Waals surface area contributed by atoms with Crippen LogP contribution < -0.4 is 0 Å². The zero-order valence-corrected chi connectivity index (χ0v) is 56.8. The van der Waals surface area contributed by atoms with Crippen LogP contribution in [0.5, 0.6) is 0 Å². The molecule has 0 unspecified atom stereocenters. The maximum absolute atomic E-state index is 6.35. The van der Waals surface area contributed by atoms with Gasteiger partial charge in [0.15, 0.2) is 58.2 Å². The molecule has 0 bridgehead atoms. The predicted molar refractivity (Wildman–Crippen MR) is 282 cm³/mol. The highest BCUT2D eigenvalue weighted by molar-refractivity contribution is 6.94. The maximum atomic E-state index is 6.35. The Kier molecular flexibility index (Phi) is 24.0. The molecule has 0 aliphatic carbocycles. The van der Waals surface area contributed by atoms with Gasteiger partial charge in [0.05, 0.1) is 0 Å². The minimum atomic E-state index is -2.73. The van der Waals surface area contributed by atoms with Crippen molar-refractivity contribution in [3.63, 3.8) is 0 Å². The van der Waals surface area contributed by atoms with E-state index in [9.17, 15) is 0 Å². The van der Waals surface area contributed by atoms with Gasteiger partial charge < -0.3 is 45.6 Å². The Bertz CT molecular complexity index is 1130. The largest absolute Gasteiger partial charge is 0.469 e. The van der Waals surface area contributed by atoms with Gasteiger partial charge in [0, 0.05) is 19.7 Å². The van der Waals surface area contributed by atoms with E-state index in [0.29, 0.717) is 0 Å². The van der Waals surface area contributed by atoms with Gasteiger partial charge >= 0.3 is 51.9 Å². The average Bonchev–Trinajstić information content (AvgIpc) is 2.72. The summed E-state index contributed by atoms with van der Waals surface area (Å²) in [6, 6.07) is 1.37. The zero-order chi connectivity index (χ0) is 47.1. The molecule has 0 aromatic rings. The van der Waals surface area contributed by atoms with Gasteiger partial charge in [-0.15, -0.1) is 0 Å². The third-order valence-corrected chi connectivity index (χ3v) is 48.5. The highest BCUT2D eigenvalue weighted by Crippen LogP contribution is 2.33. The minimum absolute atomic E-state index is 1.03. The fourth-order valence-electron chi connectivity index (χ4n) is 7.06. The third-order valence-electron chi connectivity index (χ3n) is 6.58. The lowest BCUT2D eigenvalue weighted by Gasteiger charge is -2.47. The van der Waals surface area contributed by atoms with E-state index in [1.165, 1.54) is 18.9 Å². The first-order chi connectivity index (χ1) is 24.8. The van der Waals surface area contributed by atoms with Crippen molar-refractivity contribution in [1.82, 2.24) is 0 Å². The summed E-state index contributed by atoms with van der Waals surface area (Å²) in [7, 11) is -24.5. The van der Waals surface area contributed by atoms with E-state index in [4.69, 9.17) is 45.6 Å². The molecule has 0 spiro atoms. The summed E-state index contributed by atoms with van der Waals surface area (Å²) in [6.07, 6.45) is 2.69. The molecule has 2 rings (SSSR count). The van der Waals surface area contributed by atoms with E-state index in [0.717, 1.165) is 6.61 Å². The molecule has 2 heterocycles. The van der Waals surface area contributed by atoms with E-state index in [2.05, 4.69) is 164 Å². The van der Waals surface area contributed by atoms with Crippen molar-refractivity contribution in [3.05, 3.63) is 0 Å². The van der Waals surface area contributed by atoms with Crippen molar-refractivity contribution >= 4 is 110 Å². The monoisotopic (exact) mass is 1050 g/mol. The van der Waals surface area contributed by atoms with E-state index < -0.39 is 110 Å². The summed E-state index contributed by atoms with van der Waals surface area (Å²) < 4.78 is 68.2. The smallest absolute Gasteiger partial charge is 0.437 e. The Morgan fingerprint density at radius 3 is 0.862 bits per heavy atom. The van der Waals surface area contributed by atoms with Crippen LogP contribution >= 0.6 is 0 Å². The van der Waals surface area contributed by atoms with Gasteiger partial charge in [0.1, 0.15) is 0 Å². The Morgan fingerprint density at radius 1 is 0.362 bits per heavy atom. The molecule has 2 aliphatic rings. The molecule has 11 nitrogen and oxygen atoms in total. The molecule has 352 valence electrons. The normalized spacial score (nSPS) is 21.4. The first-order valence-electron chi connectivity index (χ1n) is 21.4. The fourth-order valence-corrected chi connectivity index (χ4v) is 60.6. The zero-order valence-electron chi connectivity index (χ0n) is 43.8. The van der Waals surface area contributed by atoms with E-state index in [-0.39, 0.29) is 0 Å². The van der Waals surface area contributed by atoms with Crippen LogP contribution in [-0.2, 0) is 45.6 Å². The molecule has 2 fully saturated rings. The van der Waals surface area contributed by atoms with Crippen molar-refractivity contribution in [1.29, 1.82) is 0 Å². The molecule has 58 heavy (non-hydrogen) atoms. The first-order valence-corrected chi connectivity index (χ1v) is 60.7. The highest BCUT2D eigenvalue weighted by atomic mass is 28.5. The average molecular weight is 1050 g/mol. The van der Waals surface area contributed by atoms with Crippen LogP contribution in [0.15, 0.2) is 0 Å². The number of rotatable bonds is 12. The molecule has 2 aliphatic heterocycles. The van der Waals surface area contributed by atoms with Crippen LogP contribution in [0.1, 0.15) is 12.8 Å². The minimum Gasteiger partial charge on any atom is -0.437 e. The molecular formula is C34H98O11Si13. The first kappa shape index (κ1) is 62.5. The molecule has 0 atom stereocenters. The summed E-state index contributed by atoms with van der Waals surface area (Å²) in [5, 5.41) is 0. The van der Waals surface area contributed by atoms with Crippen molar-refractivity contribution in [3.8, 4) is 0 Å². The lowest BCUT2D eigenvalue weighted by molar-refractivity contribution is 0.182. The summed E-state index contributed by atoms with van der Waals surface area (Å²) in [4.78, 5) is 0. The quantitative estimate of drug-likeness (QED) is 0.175. The van der Waals surface area contributed by atoms with Crippen molar-refractivity contribution in [2.75, 3.05) is 6.61 Å².